The molecule has 1 fully saturated rings. The lowest BCUT2D eigenvalue weighted by Crippen LogP contribution is -2.60. The number of nitrogens with one attached hydrogen (secondary N) is 1. The van der Waals surface area contributed by atoms with Crippen LogP contribution in [-0.2, 0) is 14.8 Å². The van der Waals surface area contributed by atoms with E-state index in [1.165, 1.54) is 12.1 Å². The third kappa shape index (κ3) is 5.23. The van der Waals surface area contributed by atoms with Crippen LogP contribution >= 0.6 is 0 Å². The predicted octanol–water partition coefficient (Wildman–Crippen LogP) is 4.30. The second-order valence-corrected chi connectivity index (χ2v) is 15.2. The van der Waals surface area contributed by atoms with Crippen LogP contribution in [0.5, 0.6) is 0 Å². The van der Waals surface area contributed by atoms with Crippen LogP contribution in [0.2, 0.25) is 19.6 Å². The lowest BCUT2D eigenvalue weighted by Gasteiger charge is -2.37. The highest BCUT2D eigenvalue weighted by Crippen LogP contribution is 2.37. The van der Waals surface area contributed by atoms with Crippen molar-refractivity contribution in [3.63, 3.8) is 0 Å². The standard InChI is InChI=1S/C19H29F2NO3SSi/c1-14-10-12-16(13-11-14)26(24,25)22-17(15-8-6-5-7-9-15)19(20,21)18(23)27(2,3)4/h10-13,15,17,22H,5-9H2,1-4H3. The number of halogens is 2. The summed E-state index contributed by atoms with van der Waals surface area (Å²) < 4.78 is 58.2. The number of alkyl halides is 2. The molecule has 1 saturated carbocycles. The monoisotopic (exact) mass is 417 g/mol. The highest BCUT2D eigenvalue weighted by Gasteiger charge is 2.55. The van der Waals surface area contributed by atoms with Gasteiger partial charge in [-0.1, -0.05) is 56.6 Å². The Hall–Kier alpha value is -1.12. The van der Waals surface area contributed by atoms with E-state index in [1.54, 1.807) is 31.8 Å². The molecule has 4 nitrogen and oxygen atoms in total. The molecule has 0 heterocycles. The molecule has 1 aliphatic rings. The summed E-state index contributed by atoms with van der Waals surface area (Å²) >= 11 is 0. The average molecular weight is 418 g/mol. The van der Waals surface area contributed by atoms with Crippen molar-refractivity contribution in [3.05, 3.63) is 29.8 Å². The molecule has 0 aliphatic heterocycles. The summed E-state index contributed by atoms with van der Waals surface area (Å²) in [7, 11) is -6.96. The summed E-state index contributed by atoms with van der Waals surface area (Å²) in [5.41, 5.74) is 0.872. The molecule has 0 bridgehead atoms. The lowest BCUT2D eigenvalue weighted by atomic mass is 9.82. The molecule has 0 spiro atoms. The minimum atomic E-state index is -4.15. The van der Waals surface area contributed by atoms with Crippen molar-refractivity contribution in [1.29, 1.82) is 0 Å². The molecule has 1 N–H and O–H groups in total. The smallest absolute Gasteiger partial charge is 0.299 e. The summed E-state index contributed by atoms with van der Waals surface area (Å²) in [6.07, 6.45) is 3.47. The summed E-state index contributed by atoms with van der Waals surface area (Å²) in [6.45, 7) is 6.51. The van der Waals surface area contributed by atoms with Crippen LogP contribution in [0.1, 0.15) is 37.7 Å². The van der Waals surface area contributed by atoms with E-state index >= 15 is 8.78 Å². The van der Waals surface area contributed by atoms with Gasteiger partial charge in [0.1, 0.15) is 8.07 Å². The Bertz CT molecular complexity index is 767. The maximum atomic E-state index is 15.2. The summed E-state index contributed by atoms with van der Waals surface area (Å²) in [5.74, 6) is -4.26. The largest absolute Gasteiger partial charge is 0.316 e. The van der Waals surface area contributed by atoms with Crippen molar-refractivity contribution in [2.45, 2.75) is 75.5 Å². The SMILES string of the molecule is Cc1ccc(S(=O)(=O)NC(C2CCCCC2)C(F)(F)C(=O)[Si](C)(C)C)cc1. The molecule has 1 aliphatic carbocycles. The normalized spacial score (nSPS) is 18.3. The molecule has 1 atom stereocenters. The third-order valence-electron chi connectivity index (χ3n) is 5.11. The average Bonchev–Trinajstić information content (AvgIpc) is 2.59. The van der Waals surface area contributed by atoms with Crippen LogP contribution in [0.15, 0.2) is 29.2 Å². The van der Waals surface area contributed by atoms with Gasteiger partial charge in [-0.15, -0.1) is 0 Å². The number of benzene rings is 1. The van der Waals surface area contributed by atoms with Gasteiger partial charge in [-0.3, -0.25) is 4.79 Å². The van der Waals surface area contributed by atoms with Crippen molar-refractivity contribution in [2.75, 3.05) is 0 Å². The summed E-state index contributed by atoms with van der Waals surface area (Å²) in [4.78, 5) is 12.4. The van der Waals surface area contributed by atoms with Crippen LogP contribution in [0, 0.1) is 12.8 Å². The lowest BCUT2D eigenvalue weighted by molar-refractivity contribution is -0.141. The fourth-order valence-corrected chi connectivity index (χ4v) is 5.99. The maximum absolute atomic E-state index is 15.2. The molecular weight excluding hydrogens is 388 g/mol. The number of hydrogen-bond donors (Lipinski definition) is 1. The van der Waals surface area contributed by atoms with Gasteiger partial charge < -0.3 is 0 Å². The van der Waals surface area contributed by atoms with E-state index in [9.17, 15) is 13.2 Å². The van der Waals surface area contributed by atoms with Crippen molar-refractivity contribution in [1.82, 2.24) is 4.72 Å². The van der Waals surface area contributed by atoms with Gasteiger partial charge in [0.05, 0.1) is 10.9 Å². The van der Waals surface area contributed by atoms with Crippen molar-refractivity contribution in [3.8, 4) is 0 Å². The van der Waals surface area contributed by atoms with Gasteiger partial charge in [-0.2, -0.15) is 8.78 Å². The molecule has 8 heteroatoms. The quantitative estimate of drug-likeness (QED) is 0.673. The number of rotatable bonds is 7. The third-order valence-corrected chi connectivity index (χ3v) is 8.26. The van der Waals surface area contributed by atoms with Gasteiger partial charge in [-0.05, 0) is 37.8 Å². The Morgan fingerprint density at radius 3 is 2.11 bits per heavy atom. The van der Waals surface area contributed by atoms with E-state index < -0.39 is 41.4 Å². The Labute approximate surface area is 161 Å². The highest BCUT2D eigenvalue weighted by atomic mass is 32.2. The Balaban J connectivity index is 2.40. The first-order valence-corrected chi connectivity index (χ1v) is 14.4. The number of aryl methyl sites for hydroxylation is 1. The van der Waals surface area contributed by atoms with E-state index in [1.807, 2.05) is 6.92 Å². The number of carbonyl (C=O) groups excluding carboxylic acids is 1. The molecule has 1 unspecified atom stereocenters. The first-order chi connectivity index (χ1) is 12.4. The minimum absolute atomic E-state index is 0.0647. The van der Waals surface area contributed by atoms with E-state index in [0.717, 1.165) is 24.8 Å². The zero-order chi connectivity index (χ0) is 20.5. The van der Waals surface area contributed by atoms with E-state index in [0.29, 0.717) is 12.8 Å². The molecule has 1 aromatic rings. The molecule has 1 aromatic carbocycles. The first kappa shape index (κ1) is 22.2. The van der Waals surface area contributed by atoms with Crippen LogP contribution in [0.25, 0.3) is 0 Å². The maximum Gasteiger partial charge on any atom is 0.316 e. The van der Waals surface area contributed by atoms with Crippen LogP contribution in [0.4, 0.5) is 8.78 Å². The zero-order valence-corrected chi connectivity index (χ0v) is 18.2. The molecule has 2 rings (SSSR count). The van der Waals surface area contributed by atoms with Gasteiger partial charge in [0.2, 0.25) is 10.0 Å². The molecular formula is C19H29F2NO3SSi. The first-order valence-electron chi connectivity index (χ1n) is 9.37. The second-order valence-electron chi connectivity index (χ2n) is 8.51. The molecule has 0 saturated heterocycles. The van der Waals surface area contributed by atoms with Gasteiger partial charge in [0.25, 0.3) is 0 Å². The predicted molar refractivity (Wildman–Crippen MR) is 105 cm³/mol. The van der Waals surface area contributed by atoms with Crippen LogP contribution in [-0.4, -0.2) is 33.9 Å². The van der Waals surface area contributed by atoms with Gasteiger partial charge in [0, 0.05) is 0 Å². The second kappa shape index (κ2) is 8.09. The van der Waals surface area contributed by atoms with Crippen molar-refractivity contribution < 1.29 is 22.0 Å². The zero-order valence-electron chi connectivity index (χ0n) is 16.4. The van der Waals surface area contributed by atoms with Crippen LogP contribution < -0.4 is 4.72 Å². The summed E-state index contributed by atoms with van der Waals surface area (Å²) in [6, 6.07) is 4.33. The molecule has 27 heavy (non-hydrogen) atoms. The van der Waals surface area contributed by atoms with Gasteiger partial charge >= 0.3 is 5.92 Å². The van der Waals surface area contributed by atoms with E-state index in [2.05, 4.69) is 4.72 Å². The Morgan fingerprint density at radius 2 is 1.63 bits per heavy atom. The fourth-order valence-electron chi connectivity index (χ4n) is 3.53. The number of hydrogen-bond acceptors (Lipinski definition) is 3. The molecule has 152 valence electrons. The number of carbonyl (C=O) groups is 1. The van der Waals surface area contributed by atoms with E-state index in [-0.39, 0.29) is 4.90 Å². The fraction of sp³-hybridized carbons (Fsp3) is 0.632. The molecule has 0 aromatic heterocycles. The Kier molecular flexibility index (Phi) is 6.64. The van der Waals surface area contributed by atoms with Gasteiger partial charge in [0.15, 0.2) is 5.41 Å². The van der Waals surface area contributed by atoms with Crippen molar-refractivity contribution in [2.24, 2.45) is 5.92 Å². The summed E-state index contributed by atoms with van der Waals surface area (Å²) in [5, 5.41) is -1.10. The van der Waals surface area contributed by atoms with E-state index in [4.69, 9.17) is 0 Å². The van der Waals surface area contributed by atoms with Gasteiger partial charge in [-0.25, -0.2) is 13.1 Å². The van der Waals surface area contributed by atoms with Crippen LogP contribution in [0.3, 0.4) is 0 Å². The Morgan fingerprint density at radius 1 is 1.11 bits per heavy atom. The molecule has 0 amide bonds. The van der Waals surface area contributed by atoms with Crippen molar-refractivity contribution >= 4 is 23.5 Å². The highest BCUT2D eigenvalue weighted by molar-refractivity contribution is 7.89. The molecule has 0 radical (unpaired) electrons. The number of sulfonamides is 1. The topological polar surface area (TPSA) is 63.2 Å². The minimum Gasteiger partial charge on any atom is -0.299 e.